The standard InChI is InChI=1S/C14H12FN3O/c15-10-4-5-11-12(9-10)18(14(17-11)6-8-19)13-3-1-2-7-16-13/h1-5,7,9,19H,6,8H2. The minimum absolute atomic E-state index is 0.0152. The summed E-state index contributed by atoms with van der Waals surface area (Å²) in [5, 5.41) is 9.12. The van der Waals surface area contributed by atoms with Crippen molar-refractivity contribution in [3.8, 4) is 5.82 Å². The average molecular weight is 257 g/mol. The quantitative estimate of drug-likeness (QED) is 0.781. The van der Waals surface area contributed by atoms with Gasteiger partial charge in [0.2, 0.25) is 0 Å². The van der Waals surface area contributed by atoms with Crippen molar-refractivity contribution in [3.63, 3.8) is 0 Å². The van der Waals surface area contributed by atoms with Gasteiger partial charge in [0.25, 0.3) is 0 Å². The van der Waals surface area contributed by atoms with Crippen molar-refractivity contribution in [3.05, 3.63) is 54.2 Å². The second-order valence-electron chi connectivity index (χ2n) is 4.16. The normalized spacial score (nSPS) is 11.1. The van der Waals surface area contributed by atoms with Crippen molar-refractivity contribution < 1.29 is 9.50 Å². The molecule has 0 aliphatic carbocycles. The third kappa shape index (κ3) is 2.08. The van der Waals surface area contributed by atoms with Crippen molar-refractivity contribution in [2.24, 2.45) is 0 Å². The van der Waals surface area contributed by atoms with Gasteiger partial charge in [0.05, 0.1) is 17.6 Å². The number of aromatic nitrogens is 3. The van der Waals surface area contributed by atoms with E-state index >= 15 is 0 Å². The van der Waals surface area contributed by atoms with E-state index in [1.165, 1.54) is 12.1 Å². The smallest absolute Gasteiger partial charge is 0.138 e. The number of hydrogen-bond acceptors (Lipinski definition) is 3. The number of pyridine rings is 1. The molecule has 96 valence electrons. The molecule has 0 aliphatic heterocycles. The van der Waals surface area contributed by atoms with Gasteiger partial charge in [-0.3, -0.25) is 4.57 Å². The Labute approximate surface area is 109 Å². The van der Waals surface area contributed by atoms with E-state index in [9.17, 15) is 4.39 Å². The third-order valence-corrected chi connectivity index (χ3v) is 2.90. The maximum Gasteiger partial charge on any atom is 0.138 e. The van der Waals surface area contributed by atoms with Gasteiger partial charge in [-0.05, 0) is 24.3 Å². The van der Waals surface area contributed by atoms with Crippen LogP contribution in [0.25, 0.3) is 16.9 Å². The Hall–Kier alpha value is -2.27. The highest BCUT2D eigenvalue weighted by Gasteiger charge is 2.13. The molecular weight excluding hydrogens is 245 g/mol. The van der Waals surface area contributed by atoms with Gasteiger partial charge >= 0.3 is 0 Å². The maximum atomic E-state index is 13.4. The Morgan fingerprint density at radius 1 is 1.21 bits per heavy atom. The van der Waals surface area contributed by atoms with Gasteiger partial charge in [0.1, 0.15) is 17.5 Å². The van der Waals surface area contributed by atoms with E-state index < -0.39 is 0 Å². The summed E-state index contributed by atoms with van der Waals surface area (Å²) >= 11 is 0. The van der Waals surface area contributed by atoms with Crippen LogP contribution in [0.2, 0.25) is 0 Å². The molecule has 2 aromatic heterocycles. The van der Waals surface area contributed by atoms with Crippen LogP contribution >= 0.6 is 0 Å². The van der Waals surface area contributed by atoms with E-state index in [4.69, 9.17) is 5.11 Å². The minimum atomic E-state index is -0.319. The molecule has 5 heteroatoms. The summed E-state index contributed by atoms with van der Waals surface area (Å²) in [4.78, 5) is 8.68. The van der Waals surface area contributed by atoms with E-state index in [2.05, 4.69) is 9.97 Å². The topological polar surface area (TPSA) is 50.9 Å². The fourth-order valence-corrected chi connectivity index (χ4v) is 2.11. The van der Waals surface area contributed by atoms with Crippen LogP contribution in [-0.2, 0) is 6.42 Å². The van der Waals surface area contributed by atoms with Gasteiger partial charge in [-0.15, -0.1) is 0 Å². The molecule has 4 nitrogen and oxygen atoms in total. The summed E-state index contributed by atoms with van der Waals surface area (Å²) in [7, 11) is 0. The van der Waals surface area contributed by atoms with Crippen molar-refractivity contribution >= 4 is 11.0 Å². The van der Waals surface area contributed by atoms with Crippen LogP contribution in [0, 0.1) is 5.82 Å². The van der Waals surface area contributed by atoms with Gasteiger partial charge in [-0.1, -0.05) is 6.07 Å². The number of benzene rings is 1. The Morgan fingerprint density at radius 2 is 2.11 bits per heavy atom. The first-order valence-corrected chi connectivity index (χ1v) is 5.99. The van der Waals surface area contributed by atoms with Crippen LogP contribution < -0.4 is 0 Å². The fourth-order valence-electron chi connectivity index (χ4n) is 2.11. The number of rotatable bonds is 3. The minimum Gasteiger partial charge on any atom is -0.396 e. The molecule has 0 radical (unpaired) electrons. The summed E-state index contributed by atoms with van der Waals surface area (Å²) < 4.78 is 15.2. The monoisotopic (exact) mass is 257 g/mol. The molecule has 0 amide bonds. The third-order valence-electron chi connectivity index (χ3n) is 2.90. The molecule has 1 aromatic carbocycles. The molecule has 0 unspecified atom stereocenters. The molecule has 0 fully saturated rings. The van der Waals surface area contributed by atoms with Gasteiger partial charge in [-0.25, -0.2) is 14.4 Å². The molecule has 0 saturated heterocycles. The summed E-state index contributed by atoms with van der Waals surface area (Å²) in [5.74, 6) is 1.01. The van der Waals surface area contributed by atoms with Crippen LogP contribution in [0.5, 0.6) is 0 Å². The Balaban J connectivity index is 2.30. The van der Waals surface area contributed by atoms with Gasteiger partial charge in [-0.2, -0.15) is 0 Å². The predicted molar refractivity (Wildman–Crippen MR) is 69.6 cm³/mol. The van der Waals surface area contributed by atoms with E-state index in [0.29, 0.717) is 29.1 Å². The highest BCUT2D eigenvalue weighted by Crippen LogP contribution is 2.21. The zero-order valence-corrected chi connectivity index (χ0v) is 10.1. The molecule has 0 atom stereocenters. The van der Waals surface area contributed by atoms with Crippen LogP contribution in [0.1, 0.15) is 5.82 Å². The van der Waals surface area contributed by atoms with Crippen LogP contribution in [0.15, 0.2) is 42.6 Å². The first-order valence-electron chi connectivity index (χ1n) is 5.99. The molecule has 19 heavy (non-hydrogen) atoms. The van der Waals surface area contributed by atoms with Gasteiger partial charge in [0, 0.05) is 18.7 Å². The lowest BCUT2D eigenvalue weighted by Crippen LogP contribution is -2.05. The molecule has 0 bridgehead atoms. The molecular formula is C14H12FN3O. The summed E-state index contributed by atoms with van der Waals surface area (Å²) in [6.07, 6.45) is 2.07. The fraction of sp³-hybridized carbons (Fsp3) is 0.143. The summed E-state index contributed by atoms with van der Waals surface area (Å²) in [5.41, 5.74) is 1.35. The zero-order valence-electron chi connectivity index (χ0n) is 10.1. The Kier molecular flexibility index (Phi) is 2.97. The van der Waals surface area contributed by atoms with Crippen LogP contribution in [-0.4, -0.2) is 26.2 Å². The van der Waals surface area contributed by atoms with Gasteiger partial charge < -0.3 is 5.11 Å². The largest absolute Gasteiger partial charge is 0.396 e. The number of nitrogens with zero attached hydrogens (tertiary/aromatic N) is 3. The van der Waals surface area contributed by atoms with Crippen molar-refractivity contribution in [1.29, 1.82) is 0 Å². The van der Waals surface area contributed by atoms with Crippen molar-refractivity contribution in [2.75, 3.05) is 6.61 Å². The number of halogens is 1. The first-order chi connectivity index (χ1) is 9.29. The number of fused-ring (bicyclic) bond motifs is 1. The van der Waals surface area contributed by atoms with E-state index in [-0.39, 0.29) is 12.4 Å². The molecule has 0 spiro atoms. The maximum absolute atomic E-state index is 13.4. The SMILES string of the molecule is OCCc1nc2ccc(F)cc2n1-c1ccccn1. The second kappa shape index (κ2) is 4.78. The predicted octanol–water partition coefficient (Wildman–Crippen LogP) is 2.09. The molecule has 2 heterocycles. The number of hydrogen-bond donors (Lipinski definition) is 1. The summed E-state index contributed by atoms with van der Waals surface area (Å²) in [6, 6.07) is 9.93. The Morgan fingerprint density at radius 3 is 2.84 bits per heavy atom. The number of aliphatic hydroxyl groups excluding tert-OH is 1. The average Bonchev–Trinajstić information content (AvgIpc) is 2.77. The molecule has 0 saturated carbocycles. The van der Waals surface area contributed by atoms with E-state index in [0.717, 1.165) is 0 Å². The van der Waals surface area contributed by atoms with E-state index in [1.54, 1.807) is 16.8 Å². The Bertz CT molecular complexity index is 709. The second-order valence-corrected chi connectivity index (χ2v) is 4.16. The first kappa shape index (κ1) is 11.8. The van der Waals surface area contributed by atoms with Gasteiger partial charge in [0.15, 0.2) is 0 Å². The molecule has 0 aliphatic rings. The van der Waals surface area contributed by atoms with Crippen molar-refractivity contribution in [2.45, 2.75) is 6.42 Å². The molecule has 1 N–H and O–H groups in total. The van der Waals surface area contributed by atoms with Crippen LogP contribution in [0.3, 0.4) is 0 Å². The van der Waals surface area contributed by atoms with Crippen LogP contribution in [0.4, 0.5) is 4.39 Å². The molecule has 3 aromatic rings. The highest BCUT2D eigenvalue weighted by molar-refractivity contribution is 5.78. The number of aliphatic hydroxyl groups is 1. The van der Waals surface area contributed by atoms with E-state index in [1.807, 2.05) is 18.2 Å². The lowest BCUT2D eigenvalue weighted by molar-refractivity contribution is 0.296. The summed E-state index contributed by atoms with van der Waals surface area (Å²) in [6.45, 7) is -0.0152. The highest BCUT2D eigenvalue weighted by atomic mass is 19.1. The zero-order chi connectivity index (χ0) is 13.2. The van der Waals surface area contributed by atoms with Crippen molar-refractivity contribution in [1.82, 2.24) is 14.5 Å². The lowest BCUT2D eigenvalue weighted by Gasteiger charge is -2.07. The number of imidazole rings is 1. The lowest BCUT2D eigenvalue weighted by atomic mass is 10.3. The molecule has 3 rings (SSSR count).